The molecular weight excluding hydrogens is 222 g/mol. The highest BCUT2D eigenvalue weighted by atomic mass is 16.2. The molecule has 18 heavy (non-hydrogen) atoms. The van der Waals surface area contributed by atoms with Gasteiger partial charge in [0.2, 0.25) is 5.91 Å². The third kappa shape index (κ3) is 8.32. The Morgan fingerprint density at radius 1 is 0.889 bits per heavy atom. The monoisotopic (exact) mass is 253 g/mol. The predicted molar refractivity (Wildman–Crippen MR) is 79.7 cm³/mol. The van der Waals surface area contributed by atoms with Crippen molar-refractivity contribution >= 4 is 5.91 Å². The van der Waals surface area contributed by atoms with Gasteiger partial charge >= 0.3 is 0 Å². The minimum absolute atomic E-state index is 0.128. The smallest absolute Gasteiger partial charge is 0.248 e. The molecule has 0 aromatic heterocycles. The van der Waals surface area contributed by atoms with E-state index in [0.717, 1.165) is 25.9 Å². The summed E-state index contributed by atoms with van der Waals surface area (Å²) in [5, 5.41) is 0. The highest BCUT2D eigenvalue weighted by Crippen LogP contribution is 2.09. The lowest BCUT2D eigenvalue weighted by Crippen LogP contribution is -2.33. The van der Waals surface area contributed by atoms with Crippen LogP contribution in [0.15, 0.2) is 12.2 Å². The summed E-state index contributed by atoms with van der Waals surface area (Å²) in [7, 11) is 0. The number of amides is 1. The van der Waals surface area contributed by atoms with Crippen LogP contribution in [-0.2, 0) is 4.79 Å². The average molecular weight is 253 g/mol. The largest absolute Gasteiger partial charge is 0.339 e. The molecule has 1 amide bonds. The first-order valence-electron chi connectivity index (χ1n) is 7.58. The van der Waals surface area contributed by atoms with Crippen LogP contribution in [0.25, 0.3) is 0 Å². The number of hydrogen-bond donors (Lipinski definition) is 0. The van der Waals surface area contributed by atoms with Gasteiger partial charge in [-0.1, -0.05) is 59.0 Å². The number of carbonyl (C=O) groups is 1. The first-order valence-corrected chi connectivity index (χ1v) is 7.58. The molecular formula is C16H31NO. The number of unbranched alkanes of at least 4 members (excludes halogenated alkanes) is 6. The SMILES string of the molecule is C=C(C)C(=O)N(CCC)CCCCCCCCC. The molecule has 0 aromatic carbocycles. The second-order valence-electron chi connectivity index (χ2n) is 5.19. The molecule has 0 fully saturated rings. The molecule has 0 radical (unpaired) electrons. The second-order valence-corrected chi connectivity index (χ2v) is 5.19. The number of hydrogen-bond acceptors (Lipinski definition) is 1. The van der Waals surface area contributed by atoms with Crippen molar-refractivity contribution in [1.29, 1.82) is 0 Å². The summed E-state index contributed by atoms with van der Waals surface area (Å²) in [6, 6.07) is 0. The molecule has 0 rings (SSSR count). The van der Waals surface area contributed by atoms with Crippen LogP contribution in [0.2, 0.25) is 0 Å². The van der Waals surface area contributed by atoms with E-state index in [9.17, 15) is 4.79 Å². The minimum atomic E-state index is 0.128. The van der Waals surface area contributed by atoms with Gasteiger partial charge in [0.05, 0.1) is 0 Å². The molecule has 2 nitrogen and oxygen atoms in total. The van der Waals surface area contributed by atoms with E-state index in [-0.39, 0.29) is 5.91 Å². The van der Waals surface area contributed by atoms with Crippen LogP contribution in [0.4, 0.5) is 0 Å². The molecule has 0 saturated heterocycles. The van der Waals surface area contributed by atoms with Gasteiger partial charge in [-0.3, -0.25) is 4.79 Å². The van der Waals surface area contributed by atoms with Crippen molar-refractivity contribution in [1.82, 2.24) is 4.90 Å². The van der Waals surface area contributed by atoms with Gasteiger partial charge in [0.1, 0.15) is 0 Å². The van der Waals surface area contributed by atoms with E-state index in [2.05, 4.69) is 20.4 Å². The van der Waals surface area contributed by atoms with E-state index < -0.39 is 0 Å². The third-order valence-corrected chi connectivity index (χ3v) is 3.18. The first kappa shape index (κ1) is 17.2. The van der Waals surface area contributed by atoms with E-state index in [4.69, 9.17) is 0 Å². The van der Waals surface area contributed by atoms with Gasteiger partial charge in [0.25, 0.3) is 0 Å². The lowest BCUT2D eigenvalue weighted by atomic mass is 10.1. The van der Waals surface area contributed by atoms with Gasteiger partial charge in [-0.15, -0.1) is 0 Å². The summed E-state index contributed by atoms with van der Waals surface area (Å²) >= 11 is 0. The summed E-state index contributed by atoms with van der Waals surface area (Å²) in [6.07, 6.45) is 10.1. The van der Waals surface area contributed by atoms with Crippen LogP contribution in [0.5, 0.6) is 0 Å². The molecule has 0 N–H and O–H groups in total. The predicted octanol–water partition coefficient (Wildman–Crippen LogP) is 4.55. The molecule has 0 aliphatic heterocycles. The van der Waals surface area contributed by atoms with E-state index in [1.165, 1.54) is 38.5 Å². The molecule has 0 unspecified atom stereocenters. The van der Waals surface area contributed by atoms with Crippen molar-refractivity contribution in [3.05, 3.63) is 12.2 Å². The Morgan fingerprint density at radius 2 is 1.44 bits per heavy atom. The van der Waals surface area contributed by atoms with Crippen LogP contribution >= 0.6 is 0 Å². The Hall–Kier alpha value is -0.790. The average Bonchev–Trinajstić information content (AvgIpc) is 2.35. The Morgan fingerprint density at radius 3 is 1.94 bits per heavy atom. The maximum atomic E-state index is 11.9. The summed E-state index contributed by atoms with van der Waals surface area (Å²) in [4.78, 5) is 13.8. The van der Waals surface area contributed by atoms with Crippen molar-refractivity contribution in [2.24, 2.45) is 0 Å². The normalized spacial score (nSPS) is 10.4. The molecule has 0 aliphatic rings. The topological polar surface area (TPSA) is 20.3 Å². The van der Waals surface area contributed by atoms with Gasteiger partial charge in [-0.25, -0.2) is 0 Å². The van der Waals surface area contributed by atoms with Crippen molar-refractivity contribution in [3.63, 3.8) is 0 Å². The van der Waals surface area contributed by atoms with E-state index in [1.807, 2.05) is 4.90 Å². The molecule has 0 aromatic rings. The van der Waals surface area contributed by atoms with Gasteiger partial charge < -0.3 is 4.90 Å². The zero-order chi connectivity index (χ0) is 13.8. The van der Waals surface area contributed by atoms with Crippen LogP contribution in [-0.4, -0.2) is 23.9 Å². The molecule has 0 atom stereocenters. The molecule has 0 saturated carbocycles. The molecule has 2 heteroatoms. The number of carbonyl (C=O) groups excluding carboxylic acids is 1. The van der Waals surface area contributed by atoms with Crippen molar-refractivity contribution in [2.75, 3.05) is 13.1 Å². The fourth-order valence-corrected chi connectivity index (χ4v) is 2.11. The fourth-order valence-electron chi connectivity index (χ4n) is 2.11. The van der Waals surface area contributed by atoms with Gasteiger partial charge in [-0.05, 0) is 19.8 Å². The maximum Gasteiger partial charge on any atom is 0.248 e. The lowest BCUT2D eigenvalue weighted by Gasteiger charge is -2.22. The lowest BCUT2D eigenvalue weighted by molar-refractivity contribution is -0.127. The quantitative estimate of drug-likeness (QED) is 0.391. The van der Waals surface area contributed by atoms with Crippen molar-refractivity contribution in [3.8, 4) is 0 Å². The highest BCUT2D eigenvalue weighted by molar-refractivity contribution is 5.92. The molecule has 0 spiro atoms. The summed E-state index contributed by atoms with van der Waals surface area (Å²) in [6.45, 7) is 11.7. The fraction of sp³-hybridized carbons (Fsp3) is 0.812. The molecule has 0 bridgehead atoms. The zero-order valence-electron chi connectivity index (χ0n) is 12.6. The van der Waals surface area contributed by atoms with Crippen LogP contribution in [0.1, 0.15) is 72.1 Å². The molecule has 106 valence electrons. The minimum Gasteiger partial charge on any atom is -0.339 e. The molecule has 0 aliphatic carbocycles. The van der Waals surface area contributed by atoms with Crippen LogP contribution in [0, 0.1) is 0 Å². The third-order valence-electron chi connectivity index (χ3n) is 3.18. The molecule has 0 heterocycles. The van der Waals surface area contributed by atoms with Crippen LogP contribution < -0.4 is 0 Å². The standard InChI is InChI=1S/C16H31NO/c1-5-7-8-9-10-11-12-14-17(13-6-2)16(18)15(3)4/h3,5-14H2,1-2,4H3. The first-order chi connectivity index (χ1) is 8.63. The van der Waals surface area contributed by atoms with E-state index in [0.29, 0.717) is 5.57 Å². The summed E-state index contributed by atoms with van der Waals surface area (Å²) < 4.78 is 0. The van der Waals surface area contributed by atoms with Crippen LogP contribution in [0.3, 0.4) is 0 Å². The van der Waals surface area contributed by atoms with E-state index >= 15 is 0 Å². The Kier molecular flexibility index (Phi) is 10.8. The second kappa shape index (κ2) is 11.3. The summed E-state index contributed by atoms with van der Waals surface area (Å²) in [5.41, 5.74) is 0.659. The van der Waals surface area contributed by atoms with Crippen molar-refractivity contribution < 1.29 is 4.79 Å². The van der Waals surface area contributed by atoms with E-state index in [1.54, 1.807) is 6.92 Å². The Labute approximate surface area is 113 Å². The maximum absolute atomic E-state index is 11.9. The number of nitrogens with zero attached hydrogens (tertiary/aromatic N) is 1. The number of rotatable bonds is 11. The highest BCUT2D eigenvalue weighted by Gasteiger charge is 2.12. The van der Waals surface area contributed by atoms with Gasteiger partial charge in [-0.2, -0.15) is 0 Å². The van der Waals surface area contributed by atoms with Gasteiger partial charge in [0, 0.05) is 18.7 Å². The zero-order valence-corrected chi connectivity index (χ0v) is 12.6. The summed E-state index contributed by atoms with van der Waals surface area (Å²) in [5.74, 6) is 0.128. The Bertz CT molecular complexity index is 235. The van der Waals surface area contributed by atoms with Crippen molar-refractivity contribution in [2.45, 2.75) is 72.1 Å². The van der Waals surface area contributed by atoms with Gasteiger partial charge in [0.15, 0.2) is 0 Å². The Balaban J connectivity index is 3.71.